The van der Waals surface area contributed by atoms with Crippen LogP contribution in [0.1, 0.15) is 30.1 Å². The van der Waals surface area contributed by atoms with Gasteiger partial charge in [-0.3, -0.25) is 4.79 Å². The minimum Gasteiger partial charge on any atom is -0.338 e. The van der Waals surface area contributed by atoms with Crippen LogP contribution in [0, 0.1) is 0 Å². The van der Waals surface area contributed by atoms with Crippen molar-refractivity contribution < 1.29 is 4.79 Å². The van der Waals surface area contributed by atoms with Crippen molar-refractivity contribution in [1.82, 2.24) is 4.90 Å². The molecule has 0 spiro atoms. The Morgan fingerprint density at radius 3 is 2.33 bits per heavy atom. The van der Waals surface area contributed by atoms with Gasteiger partial charge in [0.25, 0.3) is 5.91 Å². The van der Waals surface area contributed by atoms with Gasteiger partial charge in [0.15, 0.2) is 0 Å². The van der Waals surface area contributed by atoms with Crippen LogP contribution in [0.5, 0.6) is 0 Å². The van der Waals surface area contributed by atoms with Crippen LogP contribution >= 0.6 is 39.1 Å². The maximum absolute atomic E-state index is 12.3. The Labute approximate surface area is 126 Å². The Kier molecular flexibility index (Phi) is 7.05. The molecule has 0 saturated carbocycles. The van der Waals surface area contributed by atoms with Gasteiger partial charge in [0, 0.05) is 34.0 Å². The third-order valence-corrected chi connectivity index (χ3v) is 3.32. The SMILES string of the molecule is CCCCN(CCBr)C(=O)c1cc(Cl)cc(Cl)c1. The van der Waals surface area contributed by atoms with Crippen LogP contribution in [0.2, 0.25) is 10.0 Å². The lowest BCUT2D eigenvalue weighted by molar-refractivity contribution is 0.0764. The van der Waals surface area contributed by atoms with E-state index in [1.807, 2.05) is 4.90 Å². The maximum atomic E-state index is 12.3. The average molecular weight is 353 g/mol. The molecule has 0 atom stereocenters. The molecular weight excluding hydrogens is 337 g/mol. The van der Waals surface area contributed by atoms with Crippen molar-refractivity contribution in [1.29, 1.82) is 0 Å². The van der Waals surface area contributed by atoms with Gasteiger partial charge in [-0.1, -0.05) is 52.5 Å². The summed E-state index contributed by atoms with van der Waals surface area (Å²) in [5.74, 6) is -0.0210. The van der Waals surface area contributed by atoms with E-state index in [-0.39, 0.29) is 5.91 Å². The van der Waals surface area contributed by atoms with E-state index < -0.39 is 0 Å². The second-order valence-corrected chi connectivity index (χ2v) is 5.66. The van der Waals surface area contributed by atoms with Crippen LogP contribution in [-0.4, -0.2) is 29.2 Å². The summed E-state index contributed by atoms with van der Waals surface area (Å²) in [5.41, 5.74) is 0.546. The molecule has 0 heterocycles. The highest BCUT2D eigenvalue weighted by Crippen LogP contribution is 2.20. The number of halogens is 3. The molecule has 1 rings (SSSR count). The fourth-order valence-corrected chi connectivity index (χ4v) is 2.58. The number of nitrogens with zero attached hydrogens (tertiary/aromatic N) is 1. The second kappa shape index (κ2) is 8.03. The Hall–Kier alpha value is -0.250. The van der Waals surface area contributed by atoms with Crippen molar-refractivity contribution in [3.05, 3.63) is 33.8 Å². The van der Waals surface area contributed by atoms with Gasteiger partial charge in [0.2, 0.25) is 0 Å². The monoisotopic (exact) mass is 351 g/mol. The Bertz CT molecular complexity index is 392. The summed E-state index contributed by atoms with van der Waals surface area (Å²) in [6.45, 7) is 3.54. The molecule has 1 amide bonds. The summed E-state index contributed by atoms with van der Waals surface area (Å²) in [4.78, 5) is 14.2. The zero-order chi connectivity index (χ0) is 13.5. The summed E-state index contributed by atoms with van der Waals surface area (Å²) < 4.78 is 0. The summed E-state index contributed by atoms with van der Waals surface area (Å²) in [7, 11) is 0. The predicted molar refractivity (Wildman–Crippen MR) is 81.1 cm³/mol. The second-order valence-electron chi connectivity index (χ2n) is 3.99. The molecular formula is C13H16BrCl2NO. The Morgan fingerprint density at radius 1 is 1.22 bits per heavy atom. The highest BCUT2D eigenvalue weighted by atomic mass is 79.9. The molecule has 1 aromatic carbocycles. The molecule has 0 N–H and O–H groups in total. The lowest BCUT2D eigenvalue weighted by Gasteiger charge is -2.21. The van der Waals surface area contributed by atoms with E-state index in [9.17, 15) is 4.79 Å². The van der Waals surface area contributed by atoms with Crippen molar-refractivity contribution in [3.63, 3.8) is 0 Å². The normalized spacial score (nSPS) is 10.4. The van der Waals surface area contributed by atoms with E-state index in [0.717, 1.165) is 24.7 Å². The molecule has 0 aliphatic carbocycles. The topological polar surface area (TPSA) is 20.3 Å². The van der Waals surface area contributed by atoms with Crippen LogP contribution in [0.3, 0.4) is 0 Å². The standard InChI is InChI=1S/C13H16BrCl2NO/c1-2-3-5-17(6-4-14)13(18)10-7-11(15)9-12(16)8-10/h7-9H,2-6H2,1H3. The number of carbonyl (C=O) groups excluding carboxylic acids is 1. The van der Waals surface area contributed by atoms with Crippen LogP contribution in [0.25, 0.3) is 0 Å². The average Bonchev–Trinajstić information content (AvgIpc) is 2.32. The quantitative estimate of drug-likeness (QED) is 0.683. The van der Waals surface area contributed by atoms with Gasteiger partial charge in [-0.25, -0.2) is 0 Å². The van der Waals surface area contributed by atoms with Crippen molar-refractivity contribution in [2.45, 2.75) is 19.8 Å². The smallest absolute Gasteiger partial charge is 0.253 e. The highest BCUT2D eigenvalue weighted by molar-refractivity contribution is 9.09. The number of hydrogen-bond acceptors (Lipinski definition) is 1. The zero-order valence-electron chi connectivity index (χ0n) is 10.3. The molecule has 1 aromatic rings. The number of rotatable bonds is 6. The van der Waals surface area contributed by atoms with Crippen molar-refractivity contribution in [2.24, 2.45) is 0 Å². The minimum absolute atomic E-state index is 0.0210. The molecule has 0 radical (unpaired) electrons. The molecule has 0 saturated heterocycles. The predicted octanol–water partition coefficient (Wildman–Crippen LogP) is 4.63. The van der Waals surface area contributed by atoms with Gasteiger partial charge in [-0.05, 0) is 24.6 Å². The number of carbonyl (C=O) groups is 1. The molecule has 0 aliphatic rings. The first-order valence-electron chi connectivity index (χ1n) is 5.89. The van der Waals surface area contributed by atoms with E-state index in [1.54, 1.807) is 18.2 Å². The van der Waals surface area contributed by atoms with Gasteiger partial charge in [0.1, 0.15) is 0 Å². The van der Waals surface area contributed by atoms with Crippen molar-refractivity contribution in [2.75, 3.05) is 18.4 Å². The lowest BCUT2D eigenvalue weighted by atomic mass is 10.2. The van der Waals surface area contributed by atoms with Gasteiger partial charge in [-0.2, -0.15) is 0 Å². The van der Waals surface area contributed by atoms with Crippen molar-refractivity contribution >= 4 is 45.0 Å². The molecule has 18 heavy (non-hydrogen) atoms. The van der Waals surface area contributed by atoms with E-state index in [0.29, 0.717) is 22.2 Å². The van der Waals surface area contributed by atoms with Crippen LogP contribution in [0.15, 0.2) is 18.2 Å². The summed E-state index contributed by atoms with van der Waals surface area (Å²) in [6, 6.07) is 4.94. The molecule has 0 aromatic heterocycles. The molecule has 100 valence electrons. The third-order valence-electron chi connectivity index (χ3n) is 2.53. The first-order valence-corrected chi connectivity index (χ1v) is 7.77. The van der Waals surface area contributed by atoms with Gasteiger partial charge in [0.05, 0.1) is 0 Å². The summed E-state index contributed by atoms with van der Waals surface area (Å²) in [6.07, 6.45) is 2.05. The molecule has 5 heteroatoms. The van der Waals surface area contributed by atoms with Gasteiger partial charge in [-0.15, -0.1) is 0 Å². The van der Waals surface area contributed by atoms with Crippen LogP contribution in [-0.2, 0) is 0 Å². The minimum atomic E-state index is -0.0210. The number of amides is 1. The van der Waals surface area contributed by atoms with Gasteiger partial charge < -0.3 is 4.90 Å². The van der Waals surface area contributed by atoms with Crippen LogP contribution < -0.4 is 0 Å². The Balaban J connectivity index is 2.86. The van der Waals surface area contributed by atoms with E-state index in [2.05, 4.69) is 22.9 Å². The van der Waals surface area contributed by atoms with Gasteiger partial charge >= 0.3 is 0 Å². The maximum Gasteiger partial charge on any atom is 0.253 e. The van der Waals surface area contributed by atoms with E-state index >= 15 is 0 Å². The number of hydrogen-bond donors (Lipinski definition) is 0. The molecule has 0 fully saturated rings. The number of benzene rings is 1. The number of unbranched alkanes of at least 4 members (excludes halogenated alkanes) is 1. The van der Waals surface area contributed by atoms with E-state index in [4.69, 9.17) is 23.2 Å². The fraction of sp³-hybridized carbons (Fsp3) is 0.462. The zero-order valence-corrected chi connectivity index (χ0v) is 13.4. The van der Waals surface area contributed by atoms with Crippen molar-refractivity contribution in [3.8, 4) is 0 Å². The largest absolute Gasteiger partial charge is 0.338 e. The highest BCUT2D eigenvalue weighted by Gasteiger charge is 2.15. The summed E-state index contributed by atoms with van der Waals surface area (Å²) in [5, 5.41) is 1.73. The first-order chi connectivity index (χ1) is 8.58. The fourth-order valence-electron chi connectivity index (χ4n) is 1.63. The summed E-state index contributed by atoms with van der Waals surface area (Å²) >= 11 is 15.2. The van der Waals surface area contributed by atoms with E-state index in [1.165, 1.54) is 0 Å². The molecule has 2 nitrogen and oxygen atoms in total. The number of alkyl halides is 1. The molecule has 0 unspecified atom stereocenters. The Morgan fingerprint density at radius 2 is 1.83 bits per heavy atom. The molecule has 0 bridgehead atoms. The molecule has 0 aliphatic heterocycles. The lowest BCUT2D eigenvalue weighted by Crippen LogP contribution is -2.33. The first kappa shape index (κ1) is 15.8. The third kappa shape index (κ3) is 4.79. The van der Waals surface area contributed by atoms with Crippen LogP contribution in [0.4, 0.5) is 0 Å².